The van der Waals surface area contributed by atoms with Crippen molar-refractivity contribution in [2.24, 2.45) is 0 Å². The zero-order valence-corrected chi connectivity index (χ0v) is 10.5. The maximum absolute atomic E-state index is 11.4. The van der Waals surface area contributed by atoms with Crippen LogP contribution in [0.15, 0.2) is 29.2 Å². The van der Waals surface area contributed by atoms with Crippen LogP contribution in [0.2, 0.25) is 0 Å². The van der Waals surface area contributed by atoms with Gasteiger partial charge in [-0.15, -0.1) is 0 Å². The fourth-order valence-electron chi connectivity index (χ4n) is 0.934. The van der Waals surface area contributed by atoms with E-state index in [9.17, 15) is 8.42 Å². The molecule has 78 valence electrons. The van der Waals surface area contributed by atoms with Crippen LogP contribution in [-0.2, 0) is 14.3 Å². The summed E-state index contributed by atoms with van der Waals surface area (Å²) in [6.45, 7) is 1.78. The van der Waals surface area contributed by atoms with Crippen LogP contribution in [0.3, 0.4) is 0 Å². The molecule has 0 spiro atoms. The molecule has 4 nitrogen and oxygen atoms in total. The van der Waals surface area contributed by atoms with Gasteiger partial charge in [-0.25, -0.2) is 0 Å². The first-order chi connectivity index (χ1) is 6.60. The average Bonchev–Trinajstić information content (AvgIpc) is 2.18. The van der Waals surface area contributed by atoms with E-state index in [4.69, 9.17) is 0 Å². The van der Waals surface area contributed by atoms with E-state index >= 15 is 0 Å². The molecule has 0 aliphatic rings. The van der Waals surface area contributed by atoms with E-state index in [1.54, 1.807) is 19.1 Å². The van der Waals surface area contributed by atoms with Crippen molar-refractivity contribution in [1.29, 1.82) is 0 Å². The molecule has 0 aromatic heterocycles. The first kappa shape index (κ1) is 11.7. The van der Waals surface area contributed by atoms with Crippen molar-refractivity contribution in [3.05, 3.63) is 24.3 Å². The number of rotatable bonds is 4. The summed E-state index contributed by atoms with van der Waals surface area (Å²) in [5, 5.41) is 0. The Hall–Kier alpha value is -0.340. The van der Waals surface area contributed by atoms with Crippen molar-refractivity contribution >= 4 is 38.7 Å². The fraction of sp³-hybridized carbons (Fsp3) is 0.250. The molecule has 6 heteroatoms. The lowest BCUT2D eigenvalue weighted by molar-refractivity contribution is 0.338. The lowest BCUT2D eigenvalue weighted by Crippen LogP contribution is -2.05. The second-order valence-electron chi connectivity index (χ2n) is 2.48. The van der Waals surface area contributed by atoms with Gasteiger partial charge in [0.2, 0.25) is 0 Å². The van der Waals surface area contributed by atoms with E-state index in [2.05, 4.69) is 7.71 Å². The first-order valence-corrected chi connectivity index (χ1v) is 6.45. The number of hydrogen-bond acceptors (Lipinski definition) is 4. The van der Waals surface area contributed by atoms with Crippen molar-refractivity contribution in [2.45, 2.75) is 11.8 Å². The summed E-state index contributed by atoms with van der Waals surface area (Å²) in [5.74, 6) is 0. The smallest absolute Gasteiger partial charge is 0.297 e. The Morgan fingerprint density at radius 1 is 1.50 bits per heavy atom. The molecule has 14 heavy (non-hydrogen) atoms. The second kappa shape index (κ2) is 4.94. The zero-order valence-electron chi connectivity index (χ0n) is 7.53. The third-order valence-electron chi connectivity index (χ3n) is 1.50. The van der Waals surface area contributed by atoms with Gasteiger partial charge in [0.05, 0.1) is 34.4 Å². The Labute approximate surface area is 97.3 Å². The summed E-state index contributed by atoms with van der Waals surface area (Å²) in [6, 6.07) is 6.46. The maximum atomic E-state index is 11.4. The third-order valence-corrected chi connectivity index (χ3v) is 3.50. The molecular weight excluding hydrogens is 317 g/mol. The highest BCUT2D eigenvalue weighted by molar-refractivity contribution is 14.1. The molecule has 0 fully saturated rings. The van der Waals surface area contributed by atoms with Crippen LogP contribution in [-0.4, -0.2) is 15.0 Å². The largest absolute Gasteiger partial charge is 0.328 e. The van der Waals surface area contributed by atoms with Gasteiger partial charge in [-0.3, -0.25) is 4.18 Å². The quantitative estimate of drug-likeness (QED) is 0.523. The third kappa shape index (κ3) is 2.82. The van der Waals surface area contributed by atoms with Crippen LogP contribution < -0.4 is 3.53 Å². The van der Waals surface area contributed by atoms with E-state index in [1.807, 2.05) is 22.9 Å². The molecule has 0 saturated heterocycles. The Morgan fingerprint density at radius 2 is 2.21 bits per heavy atom. The Kier molecular flexibility index (Phi) is 4.14. The molecule has 0 aliphatic heterocycles. The van der Waals surface area contributed by atoms with E-state index in [1.165, 1.54) is 12.1 Å². The Bertz CT molecular complexity index is 405. The molecule has 1 rings (SSSR count). The van der Waals surface area contributed by atoms with Crippen molar-refractivity contribution < 1.29 is 12.6 Å². The minimum Gasteiger partial charge on any atom is -0.328 e. The van der Waals surface area contributed by atoms with Gasteiger partial charge in [-0.05, 0) is 25.1 Å². The van der Waals surface area contributed by atoms with Crippen molar-refractivity contribution in [3.8, 4) is 0 Å². The van der Waals surface area contributed by atoms with Crippen LogP contribution in [0, 0.1) is 0 Å². The Morgan fingerprint density at radius 3 is 2.79 bits per heavy atom. The predicted molar refractivity (Wildman–Crippen MR) is 62.9 cm³/mol. The van der Waals surface area contributed by atoms with Gasteiger partial charge in [-0.1, -0.05) is 6.07 Å². The number of anilines is 1. The summed E-state index contributed by atoms with van der Waals surface area (Å²) >= 11 is 1.93. The van der Waals surface area contributed by atoms with E-state index in [-0.39, 0.29) is 11.5 Å². The normalized spacial score (nSPS) is 11.3. The highest BCUT2D eigenvalue weighted by atomic mass is 127. The summed E-state index contributed by atoms with van der Waals surface area (Å²) < 4.78 is 30.4. The fourth-order valence-corrected chi connectivity index (χ4v) is 2.23. The molecule has 1 aromatic carbocycles. The van der Waals surface area contributed by atoms with E-state index < -0.39 is 10.1 Å². The predicted octanol–water partition coefficient (Wildman–Crippen LogP) is 2.17. The van der Waals surface area contributed by atoms with E-state index in [0.717, 1.165) is 5.69 Å². The Balaban J connectivity index is 3.07. The topological polar surface area (TPSA) is 55.4 Å². The molecule has 0 bridgehead atoms. The average molecular weight is 327 g/mol. The molecule has 0 radical (unpaired) electrons. The van der Waals surface area contributed by atoms with E-state index in [0.29, 0.717) is 0 Å². The van der Waals surface area contributed by atoms with Gasteiger partial charge in [0.15, 0.2) is 0 Å². The summed E-state index contributed by atoms with van der Waals surface area (Å²) in [5.41, 5.74) is 0.728. The zero-order chi connectivity index (χ0) is 10.6. The van der Waals surface area contributed by atoms with Crippen LogP contribution >= 0.6 is 22.9 Å². The van der Waals surface area contributed by atoms with Crippen LogP contribution in [0.1, 0.15) is 6.92 Å². The lowest BCUT2D eigenvalue weighted by Gasteiger charge is -2.04. The van der Waals surface area contributed by atoms with Gasteiger partial charge >= 0.3 is 0 Å². The van der Waals surface area contributed by atoms with Crippen molar-refractivity contribution in [1.82, 2.24) is 0 Å². The molecule has 0 unspecified atom stereocenters. The standard InChI is InChI=1S/C8H10INO3S/c1-2-13-14(11,12)8-5-3-4-7(6-8)10-9/h3-6,10H,2H2,1H3. The maximum Gasteiger partial charge on any atom is 0.297 e. The summed E-state index contributed by atoms with van der Waals surface area (Å²) in [6.07, 6.45) is 0. The van der Waals surface area contributed by atoms with Gasteiger partial charge in [0.25, 0.3) is 10.1 Å². The minimum atomic E-state index is -3.59. The molecule has 1 aromatic rings. The molecule has 0 amide bonds. The SMILES string of the molecule is CCOS(=O)(=O)c1cccc(NI)c1. The van der Waals surface area contributed by atoms with Crippen LogP contribution in [0.4, 0.5) is 5.69 Å². The summed E-state index contributed by atoms with van der Waals surface area (Å²) in [4.78, 5) is 0.168. The van der Waals surface area contributed by atoms with Gasteiger partial charge in [0, 0.05) is 5.69 Å². The number of halogens is 1. The summed E-state index contributed by atoms with van der Waals surface area (Å²) in [7, 11) is -3.59. The van der Waals surface area contributed by atoms with Gasteiger partial charge in [0.1, 0.15) is 0 Å². The molecule has 0 saturated carbocycles. The number of benzene rings is 1. The van der Waals surface area contributed by atoms with Gasteiger partial charge in [-0.2, -0.15) is 8.42 Å². The molecular formula is C8H10INO3S. The van der Waals surface area contributed by atoms with Crippen LogP contribution in [0.25, 0.3) is 0 Å². The second-order valence-corrected chi connectivity index (χ2v) is 4.64. The first-order valence-electron chi connectivity index (χ1n) is 3.96. The highest BCUT2D eigenvalue weighted by Gasteiger charge is 2.13. The van der Waals surface area contributed by atoms with Crippen molar-refractivity contribution in [3.63, 3.8) is 0 Å². The molecule has 0 aliphatic carbocycles. The monoisotopic (exact) mass is 327 g/mol. The lowest BCUT2D eigenvalue weighted by atomic mass is 10.3. The minimum absolute atomic E-state index is 0.143. The molecule has 0 atom stereocenters. The van der Waals surface area contributed by atoms with Crippen LogP contribution in [0.5, 0.6) is 0 Å². The van der Waals surface area contributed by atoms with Gasteiger partial charge < -0.3 is 3.53 Å². The van der Waals surface area contributed by atoms with Crippen molar-refractivity contribution in [2.75, 3.05) is 10.1 Å². The number of hydrogen-bond donors (Lipinski definition) is 1. The molecule has 1 N–H and O–H groups in total. The molecule has 0 heterocycles. The number of nitrogens with one attached hydrogen (secondary N) is 1. The highest BCUT2D eigenvalue weighted by Crippen LogP contribution is 2.18.